The van der Waals surface area contributed by atoms with Crippen LogP contribution in [0.4, 0.5) is 4.79 Å². The van der Waals surface area contributed by atoms with Crippen LogP contribution >= 0.6 is 0 Å². The van der Waals surface area contributed by atoms with Crippen LogP contribution in [0.3, 0.4) is 0 Å². The molecule has 90 valence electrons. The Kier molecular flexibility index (Phi) is 4.25. The van der Waals surface area contributed by atoms with Crippen molar-refractivity contribution in [3.63, 3.8) is 0 Å². The van der Waals surface area contributed by atoms with E-state index in [2.05, 4.69) is 4.99 Å². The number of carbonyl (C=O) groups excluding carboxylic acids is 3. The summed E-state index contributed by atoms with van der Waals surface area (Å²) < 4.78 is 1.23. The van der Waals surface area contributed by atoms with E-state index in [1.165, 1.54) is 29.9 Å². The van der Waals surface area contributed by atoms with Crippen molar-refractivity contribution in [2.24, 2.45) is 4.99 Å². The first-order chi connectivity index (χ1) is 7.93. The molecular formula is C9H10N4NaO4+. The Bertz CT molecular complexity index is 487. The van der Waals surface area contributed by atoms with Crippen LogP contribution in [0.5, 0.6) is 0 Å². The molecule has 18 heavy (non-hydrogen) atoms. The van der Waals surface area contributed by atoms with Crippen LogP contribution < -0.4 is 34.7 Å². The summed E-state index contributed by atoms with van der Waals surface area (Å²) in [5.41, 5.74) is 0. The molecule has 9 heteroatoms. The summed E-state index contributed by atoms with van der Waals surface area (Å²) in [6.45, 7) is -0.445. The second-order valence-corrected chi connectivity index (χ2v) is 3.79. The van der Waals surface area contributed by atoms with Gasteiger partial charge in [-0.2, -0.15) is 0 Å². The molecule has 0 N–H and O–H groups in total. The Balaban J connectivity index is 0.00000162. The Labute approximate surface area is 125 Å². The van der Waals surface area contributed by atoms with Gasteiger partial charge >= 0.3 is 35.6 Å². The van der Waals surface area contributed by atoms with Gasteiger partial charge in [-0.1, -0.05) is 0 Å². The fraction of sp³-hybridized carbons (Fsp3) is 0.444. The first kappa shape index (κ1) is 14.8. The number of amides is 3. The first-order valence-corrected chi connectivity index (χ1v) is 4.85. The standard InChI is InChI=1S/C9H10N4O4.Na/c1-11-7-6(8(16)12(2)9(11)17)13(4-10-7)3-5(14)15;/h4,6H,3H2,1-2H3;/q;+1. The van der Waals surface area contributed by atoms with Crippen LogP contribution in [0.1, 0.15) is 0 Å². The minimum Gasteiger partial charge on any atom is -0.546 e. The zero-order valence-electron chi connectivity index (χ0n) is 10.3. The molecule has 0 bridgehead atoms. The summed E-state index contributed by atoms with van der Waals surface area (Å²) in [6, 6.07) is -1.35. The predicted octanol–water partition coefficient (Wildman–Crippen LogP) is -5.91. The molecule has 0 aromatic heterocycles. The minimum atomic E-state index is -1.31. The van der Waals surface area contributed by atoms with Gasteiger partial charge in [-0.15, -0.1) is 0 Å². The molecule has 0 saturated carbocycles. The van der Waals surface area contributed by atoms with Crippen LogP contribution in [0, 0.1) is 0 Å². The Morgan fingerprint density at radius 2 is 2.06 bits per heavy atom. The molecule has 2 aliphatic rings. The van der Waals surface area contributed by atoms with E-state index in [1.807, 2.05) is 0 Å². The number of aliphatic imine (C=N–C) groups is 1. The van der Waals surface area contributed by atoms with Gasteiger partial charge in [-0.05, 0) is 4.99 Å². The molecule has 1 atom stereocenters. The molecule has 2 heterocycles. The largest absolute Gasteiger partial charge is 1.00 e. The van der Waals surface area contributed by atoms with E-state index >= 15 is 0 Å². The van der Waals surface area contributed by atoms with E-state index in [-0.39, 0.29) is 35.4 Å². The molecule has 0 aromatic rings. The minimum absolute atomic E-state index is 0. The Morgan fingerprint density at radius 1 is 1.44 bits per heavy atom. The van der Waals surface area contributed by atoms with Crippen molar-refractivity contribution in [2.45, 2.75) is 6.04 Å². The quantitative estimate of drug-likeness (QED) is 0.365. The summed E-state index contributed by atoms with van der Waals surface area (Å²) in [5.74, 6) is -1.58. The Morgan fingerprint density at radius 3 is 2.61 bits per heavy atom. The molecule has 3 amide bonds. The van der Waals surface area contributed by atoms with Crippen LogP contribution in [0.25, 0.3) is 0 Å². The van der Waals surface area contributed by atoms with Crippen molar-refractivity contribution < 1.29 is 53.6 Å². The number of hydrogen-bond donors (Lipinski definition) is 0. The number of carboxylic acid groups (broad SMARTS) is 1. The molecule has 0 spiro atoms. The van der Waals surface area contributed by atoms with Crippen molar-refractivity contribution in [1.29, 1.82) is 0 Å². The molecular weight excluding hydrogens is 251 g/mol. The summed E-state index contributed by atoms with van der Waals surface area (Å²) in [5, 5.41) is 10.5. The number of imide groups is 1. The first-order valence-electron chi connectivity index (χ1n) is 4.85. The summed E-state index contributed by atoms with van der Waals surface area (Å²) in [7, 11) is 2.82. The molecule has 2 aliphatic heterocycles. The van der Waals surface area contributed by atoms with Gasteiger partial charge in [0.2, 0.25) is 0 Å². The topological polar surface area (TPSA) is 96.1 Å². The van der Waals surface area contributed by atoms with Gasteiger partial charge in [0, 0.05) is 14.1 Å². The van der Waals surface area contributed by atoms with E-state index in [4.69, 9.17) is 0 Å². The maximum absolute atomic E-state index is 11.9. The van der Waals surface area contributed by atoms with Gasteiger partial charge in [0.1, 0.15) is 6.54 Å². The maximum Gasteiger partial charge on any atom is 1.00 e. The van der Waals surface area contributed by atoms with E-state index in [1.54, 1.807) is 0 Å². The number of rotatable bonds is 2. The number of hydrogen-bond acceptors (Lipinski definition) is 5. The number of nitrogens with zero attached hydrogens (tertiary/aromatic N) is 4. The van der Waals surface area contributed by atoms with Crippen LogP contribution in [-0.4, -0.2) is 71.1 Å². The van der Waals surface area contributed by atoms with E-state index in [0.717, 1.165) is 4.90 Å². The second kappa shape index (κ2) is 5.17. The molecule has 0 aliphatic carbocycles. The second-order valence-electron chi connectivity index (χ2n) is 3.79. The molecule has 1 fully saturated rings. The number of likely N-dealkylation sites (N-methyl/N-ethyl adjacent to an activating group) is 2. The summed E-state index contributed by atoms with van der Waals surface area (Å²) in [6.07, 6.45) is 1.23. The van der Waals surface area contributed by atoms with Crippen LogP contribution in [-0.2, 0) is 9.59 Å². The number of fused-ring (bicyclic) bond motifs is 1. The van der Waals surface area contributed by atoms with Gasteiger partial charge in [0.05, 0.1) is 5.97 Å². The van der Waals surface area contributed by atoms with Crippen molar-refractivity contribution >= 4 is 30.1 Å². The van der Waals surface area contributed by atoms with Crippen molar-refractivity contribution in [1.82, 2.24) is 9.80 Å². The Hall–Kier alpha value is -1.25. The van der Waals surface area contributed by atoms with E-state index < -0.39 is 30.5 Å². The third-order valence-corrected chi connectivity index (χ3v) is 2.71. The summed E-state index contributed by atoms with van der Waals surface area (Å²) in [4.78, 5) is 40.1. The van der Waals surface area contributed by atoms with Crippen molar-refractivity contribution in [3.8, 4) is 0 Å². The van der Waals surface area contributed by atoms with Gasteiger partial charge in [-0.3, -0.25) is 14.6 Å². The smallest absolute Gasteiger partial charge is 0.546 e. The van der Waals surface area contributed by atoms with Gasteiger partial charge < -0.3 is 9.90 Å². The number of aliphatic carboxylic acids is 1. The molecule has 1 saturated heterocycles. The summed E-state index contributed by atoms with van der Waals surface area (Å²) >= 11 is 0. The fourth-order valence-corrected chi connectivity index (χ4v) is 1.82. The molecule has 0 aromatic carbocycles. The van der Waals surface area contributed by atoms with Gasteiger partial charge in [-0.25, -0.2) is 9.37 Å². The van der Waals surface area contributed by atoms with Crippen molar-refractivity contribution in [2.75, 3.05) is 20.6 Å². The van der Waals surface area contributed by atoms with Crippen molar-refractivity contribution in [3.05, 3.63) is 0 Å². The molecule has 1 unspecified atom stereocenters. The average molecular weight is 261 g/mol. The van der Waals surface area contributed by atoms with Crippen LogP contribution in [0.2, 0.25) is 0 Å². The number of carboxylic acids is 1. The monoisotopic (exact) mass is 261 g/mol. The SMILES string of the molecule is CN1C(=O)C2C(=NC=[N+]2CC(=O)[O-])N(C)C1=O.[Na+]. The maximum atomic E-state index is 11.9. The van der Waals surface area contributed by atoms with Crippen LogP contribution in [0.15, 0.2) is 4.99 Å². The zero-order valence-corrected chi connectivity index (χ0v) is 12.3. The zero-order chi connectivity index (χ0) is 12.7. The average Bonchev–Trinajstić information content (AvgIpc) is 2.66. The molecule has 8 nitrogen and oxygen atoms in total. The molecule has 0 radical (unpaired) electrons. The molecule has 2 rings (SSSR count). The normalized spacial score (nSPS) is 22.2. The van der Waals surface area contributed by atoms with E-state index in [9.17, 15) is 19.5 Å². The fourth-order valence-electron chi connectivity index (χ4n) is 1.82. The third-order valence-electron chi connectivity index (χ3n) is 2.71. The predicted molar refractivity (Wildman–Crippen MR) is 53.4 cm³/mol. The number of urea groups is 1. The van der Waals surface area contributed by atoms with Gasteiger partial charge in [0.25, 0.3) is 24.1 Å². The number of carbonyl (C=O) groups is 3. The van der Waals surface area contributed by atoms with E-state index in [0.29, 0.717) is 0 Å². The number of amidine groups is 1. The van der Waals surface area contributed by atoms with Gasteiger partial charge in [0.15, 0.2) is 0 Å². The third kappa shape index (κ3) is 2.18.